The first-order valence-corrected chi connectivity index (χ1v) is 13.2. The number of hydrogen-bond acceptors (Lipinski definition) is 7. The van der Waals surface area contributed by atoms with Gasteiger partial charge in [0.25, 0.3) is 18.2 Å². The van der Waals surface area contributed by atoms with Crippen molar-refractivity contribution >= 4 is 29.0 Å². The fourth-order valence-electron chi connectivity index (χ4n) is 4.69. The van der Waals surface area contributed by atoms with Crippen LogP contribution in [0.5, 0.6) is 0 Å². The SMILES string of the molecule is CC1CCCN1C(=O)c1nc(C(=O)NCC(C)(C)O)sc1-c1cnc(NC2CCCC2)cc1C(F)F. The van der Waals surface area contributed by atoms with Crippen molar-refractivity contribution in [2.24, 2.45) is 0 Å². The number of alkyl halides is 2. The average Bonchev–Trinajstić information content (AvgIpc) is 3.57. The summed E-state index contributed by atoms with van der Waals surface area (Å²) in [7, 11) is 0. The molecular weight excluding hydrogens is 488 g/mol. The van der Waals surface area contributed by atoms with Crippen LogP contribution in [0.4, 0.5) is 14.6 Å². The Balaban J connectivity index is 1.73. The van der Waals surface area contributed by atoms with E-state index in [1.807, 2.05) is 6.92 Å². The van der Waals surface area contributed by atoms with Crippen LogP contribution >= 0.6 is 11.3 Å². The summed E-state index contributed by atoms with van der Waals surface area (Å²) in [6, 6.07) is 1.53. The largest absolute Gasteiger partial charge is 0.389 e. The van der Waals surface area contributed by atoms with Crippen LogP contribution in [0.3, 0.4) is 0 Å². The van der Waals surface area contributed by atoms with Crippen LogP contribution in [0.15, 0.2) is 12.3 Å². The molecule has 0 bridgehead atoms. The molecule has 1 aliphatic heterocycles. The molecule has 196 valence electrons. The second-order valence-corrected chi connectivity index (χ2v) is 11.3. The second-order valence-electron chi connectivity index (χ2n) is 10.3. The number of pyridine rings is 1. The first kappa shape index (κ1) is 26.4. The summed E-state index contributed by atoms with van der Waals surface area (Å²) in [5.41, 5.74) is -1.34. The van der Waals surface area contributed by atoms with Crippen LogP contribution in [-0.2, 0) is 0 Å². The van der Waals surface area contributed by atoms with Gasteiger partial charge < -0.3 is 20.6 Å². The van der Waals surface area contributed by atoms with E-state index in [1.165, 1.54) is 12.3 Å². The molecule has 2 amide bonds. The Kier molecular flexibility index (Phi) is 7.89. The summed E-state index contributed by atoms with van der Waals surface area (Å²) in [4.78, 5) is 36.8. The van der Waals surface area contributed by atoms with Crippen LogP contribution in [0.2, 0.25) is 0 Å². The maximum Gasteiger partial charge on any atom is 0.280 e. The van der Waals surface area contributed by atoms with Gasteiger partial charge in [-0.1, -0.05) is 12.8 Å². The molecule has 0 radical (unpaired) electrons. The molecule has 2 aromatic heterocycles. The molecule has 1 aliphatic carbocycles. The van der Waals surface area contributed by atoms with Crippen LogP contribution in [0.25, 0.3) is 10.4 Å². The van der Waals surface area contributed by atoms with Gasteiger partial charge in [-0.15, -0.1) is 11.3 Å². The Hall–Kier alpha value is -2.66. The van der Waals surface area contributed by atoms with E-state index < -0.39 is 17.9 Å². The van der Waals surface area contributed by atoms with Crippen LogP contribution in [-0.4, -0.2) is 62.6 Å². The lowest BCUT2D eigenvalue weighted by Crippen LogP contribution is -2.38. The van der Waals surface area contributed by atoms with Gasteiger partial charge in [0.2, 0.25) is 0 Å². The van der Waals surface area contributed by atoms with Gasteiger partial charge >= 0.3 is 0 Å². The number of rotatable bonds is 8. The molecule has 2 fully saturated rings. The summed E-state index contributed by atoms with van der Waals surface area (Å²) in [5.74, 6) is -0.598. The van der Waals surface area contributed by atoms with Crippen molar-refractivity contribution in [1.29, 1.82) is 0 Å². The number of hydrogen-bond donors (Lipinski definition) is 3. The van der Waals surface area contributed by atoms with Gasteiger partial charge in [0, 0.05) is 42.5 Å². The highest BCUT2D eigenvalue weighted by molar-refractivity contribution is 7.17. The van der Waals surface area contributed by atoms with E-state index in [0.717, 1.165) is 49.9 Å². The fraction of sp³-hybridized carbons (Fsp3) is 0.600. The quantitative estimate of drug-likeness (QED) is 0.468. The summed E-state index contributed by atoms with van der Waals surface area (Å²) >= 11 is 0.884. The van der Waals surface area contributed by atoms with Gasteiger partial charge in [-0.3, -0.25) is 9.59 Å². The maximum absolute atomic E-state index is 14.2. The van der Waals surface area contributed by atoms with Crippen molar-refractivity contribution in [3.63, 3.8) is 0 Å². The Labute approximate surface area is 213 Å². The third kappa shape index (κ3) is 6.00. The number of aromatic nitrogens is 2. The molecule has 1 unspecified atom stereocenters. The fourth-order valence-corrected chi connectivity index (χ4v) is 5.69. The molecule has 36 heavy (non-hydrogen) atoms. The lowest BCUT2D eigenvalue weighted by molar-refractivity contribution is 0.0692. The molecule has 1 atom stereocenters. The van der Waals surface area contributed by atoms with Crippen molar-refractivity contribution < 1.29 is 23.5 Å². The minimum atomic E-state index is -2.81. The standard InChI is InChI=1S/C25H33F2N5O3S/c1-14-7-6-10-32(14)24(34)19-20(36-23(31-19)22(33)29-13-25(2,3)35)17-12-28-18(11-16(17)21(26)27)30-15-8-4-5-9-15/h11-12,14-15,21,35H,4-10,13H2,1-3H3,(H,28,30)(H,29,33). The molecule has 11 heteroatoms. The summed E-state index contributed by atoms with van der Waals surface area (Å²) in [6.45, 7) is 5.54. The van der Waals surface area contributed by atoms with E-state index in [-0.39, 0.29) is 51.2 Å². The van der Waals surface area contributed by atoms with E-state index in [0.29, 0.717) is 12.4 Å². The summed E-state index contributed by atoms with van der Waals surface area (Å²) in [6.07, 6.45) is 4.35. The molecule has 3 N–H and O–H groups in total. The number of anilines is 1. The monoisotopic (exact) mass is 521 g/mol. The molecule has 1 saturated heterocycles. The van der Waals surface area contributed by atoms with Crippen molar-refractivity contribution in [2.45, 2.75) is 83.4 Å². The predicted octanol–water partition coefficient (Wildman–Crippen LogP) is 4.62. The number of halogens is 2. The number of aliphatic hydroxyl groups is 1. The zero-order chi connectivity index (χ0) is 26.0. The molecule has 3 heterocycles. The Morgan fingerprint density at radius 3 is 2.58 bits per heavy atom. The highest BCUT2D eigenvalue weighted by Gasteiger charge is 2.33. The number of carbonyl (C=O) groups is 2. The predicted molar refractivity (Wildman–Crippen MR) is 135 cm³/mol. The van der Waals surface area contributed by atoms with Crippen LogP contribution in [0, 0.1) is 0 Å². The van der Waals surface area contributed by atoms with Gasteiger partial charge in [0.05, 0.1) is 10.5 Å². The number of nitrogens with zero attached hydrogens (tertiary/aromatic N) is 3. The molecule has 2 aliphatic rings. The van der Waals surface area contributed by atoms with Gasteiger partial charge in [-0.2, -0.15) is 0 Å². The number of carbonyl (C=O) groups excluding carboxylic acids is 2. The highest BCUT2D eigenvalue weighted by Crippen LogP contribution is 2.39. The topological polar surface area (TPSA) is 107 Å². The summed E-state index contributed by atoms with van der Waals surface area (Å²) < 4.78 is 28.5. The highest BCUT2D eigenvalue weighted by atomic mass is 32.1. The maximum atomic E-state index is 14.2. The second kappa shape index (κ2) is 10.8. The molecule has 2 aromatic rings. The zero-order valence-corrected chi connectivity index (χ0v) is 21.6. The van der Waals surface area contributed by atoms with E-state index in [2.05, 4.69) is 20.6 Å². The minimum Gasteiger partial charge on any atom is -0.389 e. The van der Waals surface area contributed by atoms with E-state index >= 15 is 0 Å². The van der Waals surface area contributed by atoms with Crippen molar-refractivity contribution in [3.8, 4) is 10.4 Å². The number of amides is 2. The van der Waals surface area contributed by atoms with Gasteiger partial charge in [0.15, 0.2) is 5.01 Å². The van der Waals surface area contributed by atoms with Crippen molar-refractivity contribution in [1.82, 2.24) is 20.2 Å². The Morgan fingerprint density at radius 1 is 1.25 bits per heavy atom. The lowest BCUT2D eigenvalue weighted by Gasteiger charge is -2.21. The smallest absolute Gasteiger partial charge is 0.280 e. The number of thiazole rings is 1. The third-order valence-corrected chi connectivity index (χ3v) is 7.73. The van der Waals surface area contributed by atoms with Gasteiger partial charge in [-0.25, -0.2) is 18.7 Å². The van der Waals surface area contributed by atoms with E-state index in [4.69, 9.17) is 0 Å². The third-order valence-electron chi connectivity index (χ3n) is 6.64. The van der Waals surface area contributed by atoms with Gasteiger partial charge in [-0.05, 0) is 52.5 Å². The first-order valence-electron chi connectivity index (χ1n) is 12.4. The zero-order valence-electron chi connectivity index (χ0n) is 20.8. The number of nitrogens with one attached hydrogen (secondary N) is 2. The molecule has 0 spiro atoms. The van der Waals surface area contributed by atoms with E-state index in [9.17, 15) is 23.5 Å². The number of likely N-dealkylation sites (tertiary alicyclic amines) is 1. The van der Waals surface area contributed by atoms with Crippen molar-refractivity contribution in [3.05, 3.63) is 28.5 Å². The Bertz CT molecular complexity index is 1110. The molecular formula is C25H33F2N5O3S. The lowest BCUT2D eigenvalue weighted by atomic mass is 10.1. The molecule has 0 aromatic carbocycles. The Morgan fingerprint density at radius 2 is 1.97 bits per heavy atom. The summed E-state index contributed by atoms with van der Waals surface area (Å²) in [5, 5.41) is 15.8. The molecule has 8 nitrogen and oxygen atoms in total. The normalized spacial score (nSPS) is 18.8. The molecule has 4 rings (SSSR count). The molecule has 1 saturated carbocycles. The first-order chi connectivity index (χ1) is 17.0. The van der Waals surface area contributed by atoms with Crippen molar-refractivity contribution in [2.75, 3.05) is 18.4 Å². The minimum absolute atomic E-state index is 0.00908. The van der Waals surface area contributed by atoms with Crippen LogP contribution in [0.1, 0.15) is 91.6 Å². The average molecular weight is 522 g/mol. The van der Waals surface area contributed by atoms with Gasteiger partial charge in [0.1, 0.15) is 11.5 Å². The van der Waals surface area contributed by atoms with Crippen LogP contribution < -0.4 is 10.6 Å². The van der Waals surface area contributed by atoms with E-state index in [1.54, 1.807) is 18.7 Å².